The van der Waals surface area contributed by atoms with E-state index in [1.165, 1.54) is 6.42 Å². The Bertz CT molecular complexity index is 1610. The highest BCUT2D eigenvalue weighted by Gasteiger charge is 2.31. The minimum atomic E-state index is -0.426. The number of nitrogen functional groups attached to an aromatic ring is 1. The van der Waals surface area contributed by atoms with Gasteiger partial charge < -0.3 is 19.8 Å². The molecule has 0 unspecified atom stereocenters. The number of pyridine rings is 1. The molecule has 2 aromatic carbocycles. The Morgan fingerprint density at radius 2 is 2.00 bits per heavy atom. The molecule has 6 rings (SSSR count). The molecule has 8 heteroatoms. The molecule has 2 aromatic heterocycles. The number of nitrogens with one attached hydrogen (secondary N) is 1. The van der Waals surface area contributed by atoms with E-state index < -0.39 is 6.09 Å². The van der Waals surface area contributed by atoms with Crippen molar-refractivity contribution in [3.8, 4) is 29.0 Å². The van der Waals surface area contributed by atoms with Crippen LogP contribution in [0.4, 0.5) is 16.2 Å². The van der Waals surface area contributed by atoms with E-state index in [0.717, 1.165) is 53.4 Å². The molecule has 0 bridgehead atoms. The van der Waals surface area contributed by atoms with Crippen molar-refractivity contribution in [1.82, 2.24) is 9.55 Å². The van der Waals surface area contributed by atoms with Crippen molar-refractivity contribution < 1.29 is 14.3 Å². The quantitative estimate of drug-likeness (QED) is 0.263. The number of amides is 1. The van der Waals surface area contributed by atoms with Crippen LogP contribution in [-0.2, 0) is 4.74 Å². The second kappa shape index (κ2) is 9.99. The molecule has 0 radical (unpaired) electrons. The van der Waals surface area contributed by atoms with Gasteiger partial charge in [-0.25, -0.2) is 9.78 Å². The summed E-state index contributed by atoms with van der Waals surface area (Å²) in [4.78, 5) is 16.6. The lowest BCUT2D eigenvalue weighted by molar-refractivity contribution is 0.108. The van der Waals surface area contributed by atoms with Gasteiger partial charge in [-0.1, -0.05) is 6.07 Å². The van der Waals surface area contributed by atoms with Crippen molar-refractivity contribution in [2.24, 2.45) is 5.92 Å². The van der Waals surface area contributed by atoms with E-state index >= 15 is 0 Å². The zero-order valence-electron chi connectivity index (χ0n) is 22.1. The van der Waals surface area contributed by atoms with Gasteiger partial charge in [-0.05, 0) is 93.8 Å². The van der Waals surface area contributed by atoms with Crippen LogP contribution in [-0.4, -0.2) is 21.7 Å². The maximum atomic E-state index is 12.4. The fourth-order valence-electron chi connectivity index (χ4n) is 5.33. The molecule has 0 aliphatic heterocycles. The van der Waals surface area contributed by atoms with Gasteiger partial charge in [-0.15, -0.1) is 0 Å². The van der Waals surface area contributed by atoms with Crippen molar-refractivity contribution in [1.29, 1.82) is 5.26 Å². The van der Waals surface area contributed by atoms with E-state index in [9.17, 15) is 10.1 Å². The molecule has 39 heavy (non-hydrogen) atoms. The van der Waals surface area contributed by atoms with Gasteiger partial charge in [0.25, 0.3) is 0 Å². The van der Waals surface area contributed by atoms with E-state index in [0.29, 0.717) is 34.6 Å². The number of hydrogen-bond donors (Lipinski definition) is 2. The van der Waals surface area contributed by atoms with Crippen LogP contribution >= 0.6 is 0 Å². The first kappa shape index (κ1) is 24.8. The van der Waals surface area contributed by atoms with E-state index in [-0.39, 0.29) is 12.0 Å². The summed E-state index contributed by atoms with van der Waals surface area (Å²) in [7, 11) is 0. The third-order valence-corrected chi connectivity index (χ3v) is 7.87. The lowest BCUT2D eigenvalue weighted by Gasteiger charge is -2.30. The van der Waals surface area contributed by atoms with Crippen LogP contribution in [0.5, 0.6) is 11.6 Å². The first-order valence-corrected chi connectivity index (χ1v) is 13.5. The minimum absolute atomic E-state index is 0.0682. The zero-order chi connectivity index (χ0) is 27.1. The number of nitrogens with two attached hydrogens (primary N) is 1. The van der Waals surface area contributed by atoms with Gasteiger partial charge in [0, 0.05) is 34.9 Å². The number of carbonyl (C=O) groups excluding carboxylic acids is 1. The predicted molar refractivity (Wildman–Crippen MR) is 151 cm³/mol. The number of rotatable bonds is 7. The lowest BCUT2D eigenvalue weighted by atomic mass is 9.92. The molecule has 2 saturated carbocycles. The molecule has 0 spiro atoms. The van der Waals surface area contributed by atoms with Crippen LogP contribution in [0.2, 0.25) is 0 Å². The minimum Gasteiger partial charge on any atom is -0.446 e. The summed E-state index contributed by atoms with van der Waals surface area (Å²) in [5, 5.41) is 13.2. The Hall–Kier alpha value is -4.51. The lowest BCUT2D eigenvalue weighted by Crippen LogP contribution is -2.21. The van der Waals surface area contributed by atoms with Crippen LogP contribution in [0.3, 0.4) is 0 Å². The third-order valence-electron chi connectivity index (χ3n) is 7.87. The number of benzene rings is 2. The number of aryl methyl sites for hydroxylation is 1. The fraction of sp³-hybridized carbons (Fsp3) is 0.323. The fourth-order valence-corrected chi connectivity index (χ4v) is 5.33. The van der Waals surface area contributed by atoms with Crippen LogP contribution in [0.15, 0.2) is 54.7 Å². The first-order valence-electron chi connectivity index (χ1n) is 13.5. The Kier molecular flexibility index (Phi) is 6.35. The molecule has 2 fully saturated rings. The number of aromatic nitrogens is 2. The smallest absolute Gasteiger partial charge is 0.411 e. The predicted octanol–water partition coefficient (Wildman–Crippen LogP) is 7.33. The number of hydrogen-bond acceptors (Lipinski definition) is 6. The van der Waals surface area contributed by atoms with E-state index in [2.05, 4.69) is 20.9 Å². The number of fused-ring (bicyclic) bond motifs is 1. The van der Waals surface area contributed by atoms with Crippen LogP contribution in [0, 0.1) is 24.2 Å². The topological polar surface area (TPSA) is 115 Å². The maximum absolute atomic E-state index is 12.4. The molecule has 2 heterocycles. The second-order valence-electron chi connectivity index (χ2n) is 10.6. The summed E-state index contributed by atoms with van der Waals surface area (Å²) in [5.74, 6) is 1.36. The molecular weight excluding hydrogens is 490 g/mol. The number of nitriles is 1. The summed E-state index contributed by atoms with van der Waals surface area (Å²) in [5.41, 5.74) is 12.5. The van der Waals surface area contributed by atoms with E-state index in [4.69, 9.17) is 15.2 Å². The average Bonchev–Trinajstić information content (AvgIpc) is 3.70. The van der Waals surface area contributed by atoms with Crippen molar-refractivity contribution in [2.45, 2.75) is 58.1 Å². The van der Waals surface area contributed by atoms with Gasteiger partial charge >= 0.3 is 6.09 Å². The Balaban J connectivity index is 1.35. The number of anilines is 2. The molecule has 3 N–H and O–H groups in total. The second-order valence-corrected chi connectivity index (χ2v) is 10.6. The summed E-state index contributed by atoms with van der Waals surface area (Å²) in [6.07, 6.45) is 6.67. The van der Waals surface area contributed by atoms with E-state index in [1.54, 1.807) is 18.3 Å². The molecule has 8 nitrogen and oxygen atoms in total. The first-order chi connectivity index (χ1) is 18.9. The van der Waals surface area contributed by atoms with Gasteiger partial charge in [-0.3, -0.25) is 5.32 Å². The number of nitrogens with zero attached hydrogens (tertiary/aromatic N) is 3. The molecule has 0 saturated heterocycles. The summed E-state index contributed by atoms with van der Waals surface area (Å²) >= 11 is 0. The van der Waals surface area contributed by atoms with Crippen LogP contribution < -0.4 is 15.8 Å². The highest BCUT2D eigenvalue weighted by atomic mass is 16.6. The van der Waals surface area contributed by atoms with Crippen molar-refractivity contribution in [3.05, 3.63) is 65.9 Å². The van der Waals surface area contributed by atoms with Crippen LogP contribution in [0.25, 0.3) is 22.2 Å². The molecule has 2 aliphatic carbocycles. The summed E-state index contributed by atoms with van der Waals surface area (Å²) < 4.78 is 13.9. The standard InChI is InChI=1S/C31H31N5O3/c1-18-15-22(35-31(37)38-19(2)20-8-9-20)10-12-25(18)29-28(33)26-13-11-24(16-27(26)36(29)23-6-3-7-23)39-30-21(17-32)5-4-14-34-30/h4-5,10-16,19-20,23H,3,6-9,33H2,1-2H3,(H,35,37)/t19-/m1/s1. The molecule has 2 aliphatic rings. The normalized spacial score (nSPS) is 15.8. The molecular formula is C31H31N5O3. The highest BCUT2D eigenvalue weighted by Crippen LogP contribution is 2.46. The van der Waals surface area contributed by atoms with Gasteiger partial charge in [0.15, 0.2) is 0 Å². The highest BCUT2D eigenvalue weighted by molar-refractivity contribution is 6.02. The van der Waals surface area contributed by atoms with E-state index in [1.807, 2.05) is 50.2 Å². The maximum Gasteiger partial charge on any atom is 0.411 e. The molecule has 198 valence electrons. The molecule has 1 atom stereocenters. The summed E-state index contributed by atoms with van der Waals surface area (Å²) in [6.45, 7) is 3.98. The van der Waals surface area contributed by atoms with Crippen molar-refractivity contribution in [2.75, 3.05) is 11.1 Å². The number of carbonyl (C=O) groups is 1. The van der Waals surface area contributed by atoms with Crippen molar-refractivity contribution >= 4 is 28.4 Å². The van der Waals surface area contributed by atoms with Crippen LogP contribution in [0.1, 0.15) is 56.2 Å². The largest absolute Gasteiger partial charge is 0.446 e. The molecule has 1 amide bonds. The Morgan fingerprint density at radius 3 is 2.69 bits per heavy atom. The van der Waals surface area contributed by atoms with Gasteiger partial charge in [0.2, 0.25) is 5.88 Å². The van der Waals surface area contributed by atoms with Gasteiger partial charge in [0.1, 0.15) is 23.5 Å². The Labute approximate surface area is 227 Å². The molecule has 4 aromatic rings. The SMILES string of the molecule is Cc1cc(NC(=O)O[C@H](C)C2CC2)ccc1-c1c(N)c2ccc(Oc3ncccc3C#N)cc2n1C1CCC1. The van der Waals surface area contributed by atoms with Gasteiger partial charge in [0.05, 0.1) is 16.9 Å². The summed E-state index contributed by atoms with van der Waals surface area (Å²) in [6, 6.07) is 17.5. The zero-order valence-corrected chi connectivity index (χ0v) is 22.1. The van der Waals surface area contributed by atoms with Gasteiger partial charge in [-0.2, -0.15) is 5.26 Å². The van der Waals surface area contributed by atoms with Crippen molar-refractivity contribution in [3.63, 3.8) is 0 Å². The Morgan fingerprint density at radius 1 is 1.18 bits per heavy atom. The third kappa shape index (κ3) is 4.76. The monoisotopic (exact) mass is 521 g/mol. The average molecular weight is 522 g/mol. The number of ether oxygens (including phenoxy) is 2.